The Bertz CT molecular complexity index is 358. The first-order valence-corrected chi connectivity index (χ1v) is 4.78. The van der Waals surface area contributed by atoms with Crippen LogP contribution < -0.4 is 11.1 Å². The van der Waals surface area contributed by atoms with Crippen LogP contribution in [-0.2, 0) is 11.3 Å². The van der Waals surface area contributed by atoms with Gasteiger partial charge >= 0.3 is 0 Å². The molecule has 2 rings (SSSR count). The van der Waals surface area contributed by atoms with Crippen LogP contribution in [0.5, 0.6) is 0 Å². The summed E-state index contributed by atoms with van der Waals surface area (Å²) in [6, 6.07) is 1.91. The topological polar surface area (TPSA) is 72.9 Å². The Morgan fingerprint density at radius 1 is 1.79 bits per heavy atom. The molecular formula is C9H14N4O. The van der Waals surface area contributed by atoms with Gasteiger partial charge in [0.05, 0.1) is 5.69 Å². The van der Waals surface area contributed by atoms with Crippen LogP contribution in [0, 0.1) is 0 Å². The molecule has 5 nitrogen and oxygen atoms in total. The molecule has 1 atom stereocenters. The molecule has 3 N–H and O–H groups in total. The molecular weight excluding hydrogens is 180 g/mol. The molecule has 0 radical (unpaired) electrons. The molecule has 1 amide bonds. The molecule has 0 spiro atoms. The molecule has 1 aliphatic heterocycles. The summed E-state index contributed by atoms with van der Waals surface area (Å²) in [7, 11) is 0. The zero-order valence-corrected chi connectivity index (χ0v) is 8.16. The second-order valence-electron chi connectivity index (χ2n) is 3.61. The van der Waals surface area contributed by atoms with Crippen molar-refractivity contribution in [2.45, 2.75) is 32.4 Å². The zero-order valence-electron chi connectivity index (χ0n) is 8.16. The van der Waals surface area contributed by atoms with E-state index in [1.54, 1.807) is 0 Å². The Hall–Kier alpha value is -1.36. The van der Waals surface area contributed by atoms with Crippen molar-refractivity contribution in [3.63, 3.8) is 0 Å². The smallest absolute Gasteiger partial charge is 0.222 e. The van der Waals surface area contributed by atoms with Crippen molar-refractivity contribution < 1.29 is 4.79 Å². The van der Waals surface area contributed by atoms with E-state index in [4.69, 9.17) is 5.73 Å². The molecule has 1 aromatic rings. The molecule has 0 aliphatic carbocycles. The summed E-state index contributed by atoms with van der Waals surface area (Å²) in [5, 5.41) is 6.90. The SMILES string of the molecule is CC(=O)Nc1cc2n(n1)CCCC2N. The summed E-state index contributed by atoms with van der Waals surface area (Å²) in [6.45, 7) is 2.36. The van der Waals surface area contributed by atoms with Gasteiger partial charge in [-0.1, -0.05) is 0 Å². The maximum Gasteiger partial charge on any atom is 0.222 e. The van der Waals surface area contributed by atoms with Crippen LogP contribution in [0.25, 0.3) is 0 Å². The first-order valence-electron chi connectivity index (χ1n) is 4.78. The van der Waals surface area contributed by atoms with Crippen molar-refractivity contribution in [3.05, 3.63) is 11.8 Å². The fourth-order valence-electron chi connectivity index (χ4n) is 1.76. The fourth-order valence-corrected chi connectivity index (χ4v) is 1.76. The summed E-state index contributed by atoms with van der Waals surface area (Å²) in [6.07, 6.45) is 2.04. The summed E-state index contributed by atoms with van der Waals surface area (Å²) in [4.78, 5) is 10.8. The van der Waals surface area contributed by atoms with Gasteiger partial charge in [0.1, 0.15) is 0 Å². The van der Waals surface area contributed by atoms with E-state index in [9.17, 15) is 4.79 Å². The molecule has 1 aromatic heterocycles. The van der Waals surface area contributed by atoms with E-state index in [1.807, 2.05) is 10.7 Å². The van der Waals surface area contributed by atoms with Crippen LogP contribution in [-0.4, -0.2) is 15.7 Å². The molecule has 1 aliphatic rings. The lowest BCUT2D eigenvalue weighted by Crippen LogP contribution is -2.21. The second kappa shape index (κ2) is 3.42. The fraction of sp³-hybridized carbons (Fsp3) is 0.556. The quantitative estimate of drug-likeness (QED) is 0.688. The van der Waals surface area contributed by atoms with Crippen LogP contribution in [0.4, 0.5) is 5.82 Å². The predicted octanol–water partition coefficient (Wildman–Crippen LogP) is 0.635. The van der Waals surface area contributed by atoms with Gasteiger partial charge in [-0.15, -0.1) is 0 Å². The number of nitrogens with one attached hydrogen (secondary N) is 1. The number of rotatable bonds is 1. The second-order valence-corrected chi connectivity index (χ2v) is 3.61. The van der Waals surface area contributed by atoms with Crippen LogP contribution in [0.15, 0.2) is 6.07 Å². The third-order valence-electron chi connectivity index (χ3n) is 2.38. The summed E-state index contributed by atoms with van der Waals surface area (Å²) in [5.41, 5.74) is 6.93. The lowest BCUT2D eigenvalue weighted by atomic mass is 10.1. The van der Waals surface area contributed by atoms with Crippen molar-refractivity contribution in [1.82, 2.24) is 9.78 Å². The summed E-state index contributed by atoms with van der Waals surface area (Å²) < 4.78 is 1.87. The first kappa shape index (κ1) is 9.21. The number of carbonyl (C=O) groups is 1. The minimum Gasteiger partial charge on any atom is -0.323 e. The maximum absolute atomic E-state index is 10.8. The minimum atomic E-state index is -0.103. The number of amides is 1. The van der Waals surface area contributed by atoms with E-state index in [-0.39, 0.29) is 11.9 Å². The predicted molar refractivity (Wildman–Crippen MR) is 52.7 cm³/mol. The minimum absolute atomic E-state index is 0.0544. The van der Waals surface area contributed by atoms with E-state index in [0.29, 0.717) is 5.82 Å². The third kappa shape index (κ3) is 1.63. The zero-order chi connectivity index (χ0) is 10.1. The van der Waals surface area contributed by atoms with Gasteiger partial charge < -0.3 is 11.1 Å². The van der Waals surface area contributed by atoms with Gasteiger partial charge in [-0.2, -0.15) is 5.10 Å². The Morgan fingerprint density at radius 2 is 2.57 bits per heavy atom. The van der Waals surface area contributed by atoms with Gasteiger partial charge in [0.2, 0.25) is 5.91 Å². The number of nitrogens with zero attached hydrogens (tertiary/aromatic N) is 2. The largest absolute Gasteiger partial charge is 0.323 e. The monoisotopic (exact) mass is 194 g/mol. The van der Waals surface area contributed by atoms with Crippen molar-refractivity contribution in [2.75, 3.05) is 5.32 Å². The van der Waals surface area contributed by atoms with Crippen molar-refractivity contribution >= 4 is 11.7 Å². The van der Waals surface area contributed by atoms with E-state index >= 15 is 0 Å². The molecule has 0 fully saturated rings. The Morgan fingerprint density at radius 3 is 3.21 bits per heavy atom. The van der Waals surface area contributed by atoms with E-state index in [0.717, 1.165) is 25.1 Å². The number of carbonyl (C=O) groups excluding carboxylic acids is 1. The van der Waals surface area contributed by atoms with Crippen LogP contribution in [0.1, 0.15) is 31.5 Å². The number of anilines is 1. The van der Waals surface area contributed by atoms with Crippen LogP contribution in [0.2, 0.25) is 0 Å². The van der Waals surface area contributed by atoms with E-state index in [2.05, 4.69) is 10.4 Å². The van der Waals surface area contributed by atoms with Crippen molar-refractivity contribution in [1.29, 1.82) is 0 Å². The van der Waals surface area contributed by atoms with Crippen LogP contribution in [0.3, 0.4) is 0 Å². The van der Waals surface area contributed by atoms with Gasteiger partial charge in [0.15, 0.2) is 5.82 Å². The molecule has 0 aromatic carbocycles. The number of aromatic nitrogens is 2. The molecule has 5 heteroatoms. The van der Waals surface area contributed by atoms with Gasteiger partial charge in [0.25, 0.3) is 0 Å². The van der Waals surface area contributed by atoms with Crippen LogP contribution >= 0.6 is 0 Å². The molecule has 0 saturated heterocycles. The lowest BCUT2D eigenvalue weighted by molar-refractivity contribution is -0.114. The number of nitrogens with two attached hydrogens (primary N) is 1. The Kier molecular flexibility index (Phi) is 2.25. The highest BCUT2D eigenvalue weighted by Gasteiger charge is 2.19. The molecule has 14 heavy (non-hydrogen) atoms. The Balaban J connectivity index is 2.26. The number of hydrogen-bond acceptors (Lipinski definition) is 3. The van der Waals surface area contributed by atoms with Gasteiger partial charge in [-0.3, -0.25) is 9.48 Å². The molecule has 0 saturated carbocycles. The summed E-state index contributed by atoms with van der Waals surface area (Å²) >= 11 is 0. The van der Waals surface area contributed by atoms with Gasteiger partial charge in [0, 0.05) is 25.6 Å². The average molecular weight is 194 g/mol. The summed E-state index contributed by atoms with van der Waals surface area (Å²) in [5.74, 6) is 0.499. The Labute approximate surface area is 82.3 Å². The number of aryl methyl sites for hydroxylation is 1. The number of hydrogen-bond donors (Lipinski definition) is 2. The highest BCUT2D eigenvalue weighted by Crippen LogP contribution is 2.24. The highest BCUT2D eigenvalue weighted by atomic mass is 16.1. The lowest BCUT2D eigenvalue weighted by Gasteiger charge is -2.19. The molecule has 0 bridgehead atoms. The normalized spacial score (nSPS) is 20.3. The standard InChI is InChI=1S/C9H14N4O/c1-6(14)11-9-5-8-7(10)3-2-4-13(8)12-9/h5,7H,2-4,10H2,1H3,(H,11,12,14). The highest BCUT2D eigenvalue weighted by molar-refractivity contribution is 5.87. The third-order valence-corrected chi connectivity index (χ3v) is 2.38. The average Bonchev–Trinajstić information content (AvgIpc) is 2.47. The molecule has 76 valence electrons. The number of fused-ring (bicyclic) bond motifs is 1. The van der Waals surface area contributed by atoms with E-state index < -0.39 is 0 Å². The van der Waals surface area contributed by atoms with Crippen molar-refractivity contribution in [3.8, 4) is 0 Å². The van der Waals surface area contributed by atoms with Crippen molar-refractivity contribution in [2.24, 2.45) is 5.73 Å². The molecule has 1 unspecified atom stereocenters. The molecule has 2 heterocycles. The van der Waals surface area contributed by atoms with Gasteiger partial charge in [-0.05, 0) is 12.8 Å². The van der Waals surface area contributed by atoms with E-state index in [1.165, 1.54) is 6.92 Å². The van der Waals surface area contributed by atoms with Gasteiger partial charge in [-0.25, -0.2) is 0 Å². The maximum atomic E-state index is 10.8. The first-order chi connectivity index (χ1) is 6.66.